The number of carbonyl (C=O) groups excluding carboxylic acids is 1. The number of halogens is 1. The van der Waals surface area contributed by atoms with Crippen LogP contribution in [0.2, 0.25) is 5.02 Å². The molecular formula is C15H17ClN2O2. The molecule has 1 aromatic carbocycles. The quantitative estimate of drug-likeness (QED) is 0.937. The number of nitrogens with one attached hydrogen (secondary N) is 1. The standard InChI is InChI=1S/C15H17ClN2O2/c1-10-6-7-20-14(10)9-17-13-8-11(16)4-5-12(13)15(19)18(2)3/h4-8,17H,9H2,1-3H3. The van der Waals surface area contributed by atoms with Gasteiger partial charge < -0.3 is 14.6 Å². The first-order valence-corrected chi connectivity index (χ1v) is 6.65. The average molecular weight is 293 g/mol. The number of hydrogen-bond acceptors (Lipinski definition) is 3. The molecule has 0 fully saturated rings. The Bertz CT molecular complexity index is 620. The smallest absolute Gasteiger partial charge is 0.255 e. The molecule has 1 amide bonds. The van der Waals surface area contributed by atoms with E-state index in [1.165, 1.54) is 4.90 Å². The number of hydrogen-bond donors (Lipinski definition) is 1. The molecule has 2 aromatic rings. The minimum Gasteiger partial charge on any atom is -0.467 e. The van der Waals surface area contributed by atoms with E-state index in [1.54, 1.807) is 38.6 Å². The van der Waals surface area contributed by atoms with Gasteiger partial charge in [-0.05, 0) is 36.8 Å². The molecule has 0 spiro atoms. The lowest BCUT2D eigenvalue weighted by Crippen LogP contribution is -2.23. The Labute approximate surface area is 123 Å². The predicted octanol–water partition coefficient (Wildman–Crippen LogP) is 3.56. The summed E-state index contributed by atoms with van der Waals surface area (Å²) >= 11 is 6.00. The van der Waals surface area contributed by atoms with E-state index >= 15 is 0 Å². The molecule has 0 saturated carbocycles. The Morgan fingerprint density at radius 3 is 2.70 bits per heavy atom. The van der Waals surface area contributed by atoms with Crippen LogP contribution in [-0.4, -0.2) is 24.9 Å². The Balaban J connectivity index is 2.24. The molecule has 1 aromatic heterocycles. The lowest BCUT2D eigenvalue weighted by Gasteiger charge is -2.15. The first-order chi connectivity index (χ1) is 9.49. The van der Waals surface area contributed by atoms with Crippen LogP contribution in [0, 0.1) is 6.92 Å². The van der Waals surface area contributed by atoms with Gasteiger partial charge in [0.25, 0.3) is 5.91 Å². The van der Waals surface area contributed by atoms with Crippen LogP contribution in [0.15, 0.2) is 34.9 Å². The van der Waals surface area contributed by atoms with Gasteiger partial charge in [0.05, 0.1) is 18.4 Å². The SMILES string of the molecule is Cc1ccoc1CNc1cc(Cl)ccc1C(=O)N(C)C. The van der Waals surface area contributed by atoms with Gasteiger partial charge in [-0.15, -0.1) is 0 Å². The fourth-order valence-electron chi connectivity index (χ4n) is 1.85. The lowest BCUT2D eigenvalue weighted by molar-refractivity contribution is 0.0828. The third-order valence-electron chi connectivity index (χ3n) is 3.03. The number of benzene rings is 1. The molecule has 0 unspecified atom stereocenters. The third kappa shape index (κ3) is 3.14. The van der Waals surface area contributed by atoms with E-state index in [2.05, 4.69) is 5.32 Å². The highest BCUT2D eigenvalue weighted by Crippen LogP contribution is 2.23. The molecule has 1 N–H and O–H groups in total. The van der Waals surface area contributed by atoms with Gasteiger partial charge in [-0.2, -0.15) is 0 Å². The Morgan fingerprint density at radius 2 is 2.10 bits per heavy atom. The second-order valence-corrected chi connectivity index (χ2v) is 5.21. The molecule has 2 rings (SSSR count). The highest BCUT2D eigenvalue weighted by atomic mass is 35.5. The van der Waals surface area contributed by atoms with Crippen LogP contribution in [0.1, 0.15) is 21.7 Å². The predicted molar refractivity (Wildman–Crippen MR) is 80.2 cm³/mol. The summed E-state index contributed by atoms with van der Waals surface area (Å²) < 4.78 is 5.37. The average Bonchev–Trinajstić information content (AvgIpc) is 2.81. The van der Waals surface area contributed by atoms with Gasteiger partial charge in [0.2, 0.25) is 0 Å². The summed E-state index contributed by atoms with van der Waals surface area (Å²) in [5.41, 5.74) is 2.36. The van der Waals surface area contributed by atoms with Crippen LogP contribution in [0.25, 0.3) is 0 Å². The maximum Gasteiger partial charge on any atom is 0.255 e. The summed E-state index contributed by atoms with van der Waals surface area (Å²) in [5.74, 6) is 0.772. The molecule has 5 heteroatoms. The maximum atomic E-state index is 12.1. The van der Waals surface area contributed by atoms with E-state index in [0.717, 1.165) is 11.3 Å². The Morgan fingerprint density at radius 1 is 1.35 bits per heavy atom. The summed E-state index contributed by atoms with van der Waals surface area (Å²) in [5, 5.41) is 3.79. The van der Waals surface area contributed by atoms with Crippen LogP contribution >= 0.6 is 11.6 Å². The van der Waals surface area contributed by atoms with Crippen LogP contribution in [0.4, 0.5) is 5.69 Å². The number of aryl methyl sites for hydroxylation is 1. The largest absolute Gasteiger partial charge is 0.467 e. The maximum absolute atomic E-state index is 12.1. The van der Waals surface area contributed by atoms with Gasteiger partial charge in [-0.3, -0.25) is 4.79 Å². The molecule has 0 aliphatic rings. The summed E-state index contributed by atoms with van der Waals surface area (Å²) in [4.78, 5) is 13.7. The van der Waals surface area contributed by atoms with Crippen molar-refractivity contribution >= 4 is 23.2 Å². The Kier molecular flexibility index (Phi) is 4.35. The zero-order valence-corrected chi connectivity index (χ0v) is 12.5. The minimum absolute atomic E-state index is 0.0691. The summed E-state index contributed by atoms with van der Waals surface area (Å²) in [7, 11) is 3.44. The van der Waals surface area contributed by atoms with Crippen molar-refractivity contribution in [2.45, 2.75) is 13.5 Å². The van der Waals surface area contributed by atoms with Crippen molar-refractivity contribution in [3.05, 3.63) is 52.4 Å². The second kappa shape index (κ2) is 6.01. The summed E-state index contributed by atoms with van der Waals surface area (Å²) in [6, 6.07) is 7.08. The molecule has 0 saturated heterocycles. The van der Waals surface area contributed by atoms with E-state index in [4.69, 9.17) is 16.0 Å². The molecule has 0 radical (unpaired) electrons. The van der Waals surface area contributed by atoms with Gasteiger partial charge in [0.15, 0.2) is 0 Å². The van der Waals surface area contributed by atoms with Gasteiger partial charge in [0.1, 0.15) is 5.76 Å². The first-order valence-electron chi connectivity index (χ1n) is 6.27. The van der Waals surface area contributed by atoms with Gasteiger partial charge >= 0.3 is 0 Å². The van der Waals surface area contributed by atoms with Crippen molar-refractivity contribution in [1.82, 2.24) is 4.90 Å². The highest BCUT2D eigenvalue weighted by molar-refractivity contribution is 6.31. The van der Waals surface area contributed by atoms with Gasteiger partial charge in [-0.25, -0.2) is 0 Å². The molecule has 1 heterocycles. The van der Waals surface area contributed by atoms with Crippen LogP contribution in [0.5, 0.6) is 0 Å². The van der Waals surface area contributed by atoms with Crippen LogP contribution < -0.4 is 5.32 Å². The number of rotatable bonds is 4. The number of amides is 1. The second-order valence-electron chi connectivity index (χ2n) is 4.77. The van der Waals surface area contributed by atoms with E-state index in [9.17, 15) is 4.79 Å². The van der Waals surface area contributed by atoms with E-state index < -0.39 is 0 Å². The zero-order valence-electron chi connectivity index (χ0n) is 11.7. The van der Waals surface area contributed by atoms with E-state index in [-0.39, 0.29) is 5.91 Å². The summed E-state index contributed by atoms with van der Waals surface area (Å²) in [6.45, 7) is 2.48. The van der Waals surface area contributed by atoms with Crippen LogP contribution in [0.3, 0.4) is 0 Å². The fraction of sp³-hybridized carbons (Fsp3) is 0.267. The lowest BCUT2D eigenvalue weighted by atomic mass is 10.1. The molecule has 0 aliphatic carbocycles. The van der Waals surface area contributed by atoms with Crippen molar-refractivity contribution in [3.63, 3.8) is 0 Å². The van der Waals surface area contributed by atoms with Crippen molar-refractivity contribution in [1.29, 1.82) is 0 Å². The monoisotopic (exact) mass is 292 g/mol. The number of furan rings is 1. The normalized spacial score (nSPS) is 10.4. The topological polar surface area (TPSA) is 45.5 Å². The number of anilines is 1. The molecule has 20 heavy (non-hydrogen) atoms. The van der Waals surface area contributed by atoms with E-state index in [0.29, 0.717) is 22.8 Å². The van der Waals surface area contributed by atoms with Crippen LogP contribution in [-0.2, 0) is 6.54 Å². The number of nitrogens with zero attached hydrogens (tertiary/aromatic N) is 1. The van der Waals surface area contributed by atoms with E-state index in [1.807, 2.05) is 13.0 Å². The minimum atomic E-state index is -0.0691. The van der Waals surface area contributed by atoms with Gasteiger partial charge in [-0.1, -0.05) is 11.6 Å². The zero-order chi connectivity index (χ0) is 14.7. The molecule has 0 atom stereocenters. The fourth-order valence-corrected chi connectivity index (χ4v) is 2.02. The highest BCUT2D eigenvalue weighted by Gasteiger charge is 2.14. The molecule has 106 valence electrons. The number of carbonyl (C=O) groups is 1. The van der Waals surface area contributed by atoms with Gasteiger partial charge in [0, 0.05) is 24.8 Å². The first kappa shape index (κ1) is 14.5. The van der Waals surface area contributed by atoms with Crippen molar-refractivity contribution < 1.29 is 9.21 Å². The van der Waals surface area contributed by atoms with Crippen molar-refractivity contribution in [2.24, 2.45) is 0 Å². The van der Waals surface area contributed by atoms with Crippen molar-refractivity contribution in [2.75, 3.05) is 19.4 Å². The molecule has 0 aliphatic heterocycles. The molecule has 0 bridgehead atoms. The molecular weight excluding hydrogens is 276 g/mol. The molecule has 4 nitrogen and oxygen atoms in total. The Hall–Kier alpha value is -1.94. The third-order valence-corrected chi connectivity index (χ3v) is 3.26. The van der Waals surface area contributed by atoms with Crippen molar-refractivity contribution in [3.8, 4) is 0 Å². The summed E-state index contributed by atoms with van der Waals surface area (Å²) in [6.07, 6.45) is 1.65.